The normalized spacial score (nSPS) is 12.2. The molecule has 2 rings (SSSR count). The lowest BCUT2D eigenvalue weighted by Crippen LogP contribution is -2.11. The number of aryl methyl sites for hydroxylation is 2. The molecule has 0 fully saturated rings. The van der Waals surface area contributed by atoms with Gasteiger partial charge in [-0.15, -0.1) is 0 Å². The van der Waals surface area contributed by atoms with E-state index in [0.29, 0.717) is 0 Å². The molecule has 19 heavy (non-hydrogen) atoms. The largest absolute Gasteiger partial charge is 0.369 e. The van der Waals surface area contributed by atoms with E-state index in [2.05, 4.69) is 25.8 Å². The van der Waals surface area contributed by atoms with Crippen LogP contribution >= 0.6 is 0 Å². The van der Waals surface area contributed by atoms with Crippen molar-refractivity contribution in [1.82, 2.24) is 15.1 Å². The molecule has 1 atom stereocenters. The van der Waals surface area contributed by atoms with Gasteiger partial charge in [-0.1, -0.05) is 5.16 Å². The number of rotatable bonds is 5. The van der Waals surface area contributed by atoms with E-state index in [1.807, 2.05) is 27.7 Å². The molecule has 0 aromatic carbocycles. The summed E-state index contributed by atoms with van der Waals surface area (Å²) < 4.78 is 5.18. The Hall–Kier alpha value is -2.11. The third kappa shape index (κ3) is 3.01. The van der Waals surface area contributed by atoms with Crippen molar-refractivity contribution in [2.75, 3.05) is 17.2 Å². The highest BCUT2D eigenvalue weighted by Crippen LogP contribution is 2.24. The van der Waals surface area contributed by atoms with Crippen molar-refractivity contribution < 1.29 is 4.52 Å². The maximum Gasteiger partial charge on any atom is 0.147 e. The van der Waals surface area contributed by atoms with Crippen LogP contribution in [0.1, 0.15) is 36.9 Å². The van der Waals surface area contributed by atoms with Crippen molar-refractivity contribution in [1.29, 1.82) is 0 Å². The summed E-state index contributed by atoms with van der Waals surface area (Å²) in [6.45, 7) is 8.74. The van der Waals surface area contributed by atoms with E-state index in [1.54, 1.807) is 12.4 Å². The van der Waals surface area contributed by atoms with Crippen molar-refractivity contribution in [3.05, 3.63) is 29.4 Å². The molecule has 0 saturated carbocycles. The summed E-state index contributed by atoms with van der Waals surface area (Å²) in [5.41, 5.74) is 1.96. The second-order valence-corrected chi connectivity index (χ2v) is 4.42. The Kier molecular flexibility index (Phi) is 3.99. The molecular formula is C13H19N5O. The maximum atomic E-state index is 5.18. The van der Waals surface area contributed by atoms with Gasteiger partial charge in [0.25, 0.3) is 0 Å². The summed E-state index contributed by atoms with van der Waals surface area (Å²) in [6.07, 6.45) is 3.41. The first-order valence-electron chi connectivity index (χ1n) is 6.37. The lowest BCUT2D eigenvalue weighted by atomic mass is 10.1. The quantitative estimate of drug-likeness (QED) is 0.861. The highest BCUT2D eigenvalue weighted by Gasteiger charge is 2.16. The van der Waals surface area contributed by atoms with E-state index in [0.717, 1.165) is 35.2 Å². The molecular weight excluding hydrogens is 242 g/mol. The third-order valence-corrected chi connectivity index (χ3v) is 2.88. The van der Waals surface area contributed by atoms with E-state index < -0.39 is 0 Å². The van der Waals surface area contributed by atoms with Gasteiger partial charge >= 0.3 is 0 Å². The molecule has 6 nitrogen and oxygen atoms in total. The second-order valence-electron chi connectivity index (χ2n) is 4.42. The van der Waals surface area contributed by atoms with Crippen molar-refractivity contribution in [3.63, 3.8) is 0 Å². The predicted molar refractivity (Wildman–Crippen MR) is 74.2 cm³/mol. The molecule has 102 valence electrons. The van der Waals surface area contributed by atoms with Crippen molar-refractivity contribution >= 4 is 11.6 Å². The number of nitrogens with one attached hydrogen (secondary N) is 2. The van der Waals surface area contributed by atoms with Crippen LogP contribution in [-0.4, -0.2) is 21.7 Å². The summed E-state index contributed by atoms with van der Waals surface area (Å²) in [4.78, 5) is 8.59. The minimum Gasteiger partial charge on any atom is -0.369 e. The van der Waals surface area contributed by atoms with Crippen LogP contribution in [0, 0.1) is 13.8 Å². The molecule has 0 aliphatic heterocycles. The summed E-state index contributed by atoms with van der Waals surface area (Å²) in [7, 11) is 0. The van der Waals surface area contributed by atoms with Gasteiger partial charge in [-0.05, 0) is 27.7 Å². The molecule has 0 aliphatic carbocycles. The Morgan fingerprint density at radius 2 is 2.00 bits per heavy atom. The molecule has 2 aromatic heterocycles. The molecule has 2 heterocycles. The van der Waals surface area contributed by atoms with E-state index in [9.17, 15) is 0 Å². The van der Waals surface area contributed by atoms with Crippen LogP contribution in [0.4, 0.5) is 11.6 Å². The highest BCUT2D eigenvalue weighted by atomic mass is 16.5. The van der Waals surface area contributed by atoms with Gasteiger partial charge in [0.15, 0.2) is 0 Å². The molecule has 2 aromatic rings. The Morgan fingerprint density at radius 3 is 2.63 bits per heavy atom. The number of aromatic nitrogens is 3. The summed E-state index contributed by atoms with van der Waals surface area (Å²) in [5.74, 6) is 2.32. The molecule has 0 radical (unpaired) electrons. The zero-order valence-corrected chi connectivity index (χ0v) is 11.7. The zero-order valence-electron chi connectivity index (χ0n) is 11.7. The first-order chi connectivity index (χ1) is 9.11. The lowest BCUT2D eigenvalue weighted by Gasteiger charge is -2.14. The molecule has 0 amide bonds. The highest BCUT2D eigenvalue weighted by molar-refractivity contribution is 5.43. The van der Waals surface area contributed by atoms with Crippen LogP contribution in [-0.2, 0) is 0 Å². The first kappa shape index (κ1) is 13.3. The van der Waals surface area contributed by atoms with Crippen LogP contribution in [0.15, 0.2) is 16.9 Å². The first-order valence-corrected chi connectivity index (χ1v) is 6.37. The van der Waals surface area contributed by atoms with Gasteiger partial charge in [-0.3, -0.25) is 4.98 Å². The van der Waals surface area contributed by atoms with Crippen LogP contribution in [0.25, 0.3) is 0 Å². The van der Waals surface area contributed by atoms with Gasteiger partial charge in [-0.25, -0.2) is 4.98 Å². The average molecular weight is 261 g/mol. The SMILES string of the molecule is CCNc1cncc(NC(C)c2c(C)noc2C)n1. The smallest absolute Gasteiger partial charge is 0.147 e. The minimum absolute atomic E-state index is 0.0671. The van der Waals surface area contributed by atoms with Crippen LogP contribution < -0.4 is 10.6 Å². The standard InChI is InChI=1S/C13H19N5O/c1-5-15-11-6-14-7-12(17-11)16-8(2)13-9(3)18-19-10(13)4/h6-8H,5H2,1-4H3,(H2,15,16,17). The number of anilines is 2. The van der Waals surface area contributed by atoms with Crippen molar-refractivity contribution in [2.24, 2.45) is 0 Å². The van der Waals surface area contributed by atoms with E-state index in [4.69, 9.17) is 4.52 Å². The van der Waals surface area contributed by atoms with Gasteiger partial charge in [-0.2, -0.15) is 0 Å². The van der Waals surface area contributed by atoms with Crippen molar-refractivity contribution in [2.45, 2.75) is 33.7 Å². The zero-order chi connectivity index (χ0) is 13.8. The maximum absolute atomic E-state index is 5.18. The topological polar surface area (TPSA) is 75.9 Å². The van der Waals surface area contributed by atoms with Crippen molar-refractivity contribution in [3.8, 4) is 0 Å². The Bertz CT molecular complexity index is 532. The van der Waals surface area contributed by atoms with Crippen LogP contribution in [0.5, 0.6) is 0 Å². The molecule has 0 aliphatic rings. The van der Waals surface area contributed by atoms with Gasteiger partial charge in [0.1, 0.15) is 17.4 Å². The van der Waals surface area contributed by atoms with Gasteiger partial charge in [0, 0.05) is 12.1 Å². The number of hydrogen-bond donors (Lipinski definition) is 2. The molecule has 0 spiro atoms. The van der Waals surface area contributed by atoms with E-state index >= 15 is 0 Å². The van der Waals surface area contributed by atoms with Crippen LogP contribution in [0.3, 0.4) is 0 Å². The summed E-state index contributed by atoms with van der Waals surface area (Å²) >= 11 is 0. The lowest BCUT2D eigenvalue weighted by molar-refractivity contribution is 0.392. The molecule has 6 heteroatoms. The van der Waals surface area contributed by atoms with Gasteiger partial charge in [0.05, 0.1) is 24.1 Å². The molecule has 0 bridgehead atoms. The minimum atomic E-state index is 0.0671. The molecule has 0 saturated heterocycles. The number of hydrogen-bond acceptors (Lipinski definition) is 6. The van der Waals surface area contributed by atoms with E-state index in [-0.39, 0.29) is 6.04 Å². The van der Waals surface area contributed by atoms with E-state index in [1.165, 1.54) is 0 Å². The fourth-order valence-corrected chi connectivity index (χ4v) is 2.10. The Labute approximate surface area is 112 Å². The third-order valence-electron chi connectivity index (χ3n) is 2.88. The number of nitrogens with zero attached hydrogens (tertiary/aromatic N) is 3. The Morgan fingerprint density at radius 1 is 1.26 bits per heavy atom. The Balaban J connectivity index is 2.14. The summed E-state index contributed by atoms with van der Waals surface area (Å²) in [6, 6.07) is 0.0671. The molecule has 2 N–H and O–H groups in total. The van der Waals surface area contributed by atoms with Crippen LogP contribution in [0.2, 0.25) is 0 Å². The van der Waals surface area contributed by atoms with Gasteiger partial charge in [0.2, 0.25) is 0 Å². The fourth-order valence-electron chi connectivity index (χ4n) is 2.10. The predicted octanol–water partition coefficient (Wildman–Crippen LogP) is 2.69. The fraction of sp³-hybridized carbons (Fsp3) is 0.462. The second kappa shape index (κ2) is 5.69. The summed E-state index contributed by atoms with van der Waals surface area (Å²) in [5, 5.41) is 10.4. The average Bonchev–Trinajstić information content (AvgIpc) is 2.70. The molecule has 1 unspecified atom stereocenters. The monoisotopic (exact) mass is 261 g/mol. The van der Waals surface area contributed by atoms with Gasteiger partial charge < -0.3 is 15.2 Å².